The number of carboxylic acid groups (broad SMARTS) is 1. The Morgan fingerprint density at radius 3 is 2.70 bits per heavy atom. The number of carbonyl (C=O) groups is 3. The highest BCUT2D eigenvalue weighted by Gasteiger charge is 2.29. The van der Waals surface area contributed by atoms with Crippen molar-refractivity contribution in [1.82, 2.24) is 19.6 Å². The van der Waals surface area contributed by atoms with Crippen LogP contribution in [-0.4, -0.2) is 69.2 Å². The molecule has 126 valence electrons. The molecule has 1 saturated heterocycles. The van der Waals surface area contributed by atoms with Crippen molar-refractivity contribution in [2.45, 2.75) is 19.8 Å². The van der Waals surface area contributed by atoms with Gasteiger partial charge < -0.3 is 14.9 Å². The number of piperidine rings is 1. The molecule has 2 amide bonds. The zero-order chi connectivity index (χ0) is 17.1. The van der Waals surface area contributed by atoms with Gasteiger partial charge in [-0.1, -0.05) is 0 Å². The number of amides is 2. The van der Waals surface area contributed by atoms with Crippen molar-refractivity contribution in [2.75, 3.05) is 26.7 Å². The second-order valence-electron chi connectivity index (χ2n) is 5.97. The standard InChI is InChI=1S/C15H22N4O4/c1-10-7-12(18(3)16-10)14(21)17(2)9-13(20)19-6-4-5-11(8-19)15(22)23/h7,11H,4-6,8-9H2,1-3H3,(H,22,23). The molecule has 8 heteroatoms. The highest BCUT2D eigenvalue weighted by atomic mass is 16.4. The van der Waals surface area contributed by atoms with Gasteiger partial charge in [0.25, 0.3) is 5.91 Å². The number of rotatable bonds is 4. The maximum atomic E-state index is 12.4. The normalized spacial score (nSPS) is 17.9. The van der Waals surface area contributed by atoms with E-state index >= 15 is 0 Å². The van der Waals surface area contributed by atoms with Crippen LogP contribution >= 0.6 is 0 Å². The fourth-order valence-electron chi connectivity index (χ4n) is 2.79. The maximum absolute atomic E-state index is 12.4. The molecule has 8 nitrogen and oxygen atoms in total. The fourth-order valence-corrected chi connectivity index (χ4v) is 2.79. The Labute approximate surface area is 134 Å². The van der Waals surface area contributed by atoms with Crippen molar-refractivity contribution < 1.29 is 19.5 Å². The zero-order valence-corrected chi connectivity index (χ0v) is 13.7. The van der Waals surface area contributed by atoms with Gasteiger partial charge in [-0.2, -0.15) is 5.10 Å². The summed E-state index contributed by atoms with van der Waals surface area (Å²) in [5, 5.41) is 13.2. The third-order valence-electron chi connectivity index (χ3n) is 4.06. The molecule has 1 aliphatic rings. The number of carboxylic acids is 1. The first-order valence-corrected chi connectivity index (χ1v) is 7.56. The highest BCUT2D eigenvalue weighted by molar-refractivity contribution is 5.95. The molecule has 1 aromatic rings. The van der Waals surface area contributed by atoms with E-state index in [-0.39, 0.29) is 24.9 Å². The van der Waals surface area contributed by atoms with Crippen LogP contribution in [0.3, 0.4) is 0 Å². The minimum absolute atomic E-state index is 0.0740. The van der Waals surface area contributed by atoms with E-state index in [1.54, 1.807) is 27.1 Å². The second kappa shape index (κ2) is 6.80. The predicted octanol–water partition coefficient (Wildman–Crippen LogP) is 0.124. The number of aromatic nitrogens is 2. The minimum atomic E-state index is -0.878. The van der Waals surface area contributed by atoms with Gasteiger partial charge in [0.2, 0.25) is 5.91 Å². The van der Waals surface area contributed by atoms with E-state index in [1.807, 2.05) is 0 Å². The maximum Gasteiger partial charge on any atom is 0.308 e. The molecule has 1 aliphatic heterocycles. The zero-order valence-electron chi connectivity index (χ0n) is 13.7. The van der Waals surface area contributed by atoms with Gasteiger partial charge in [0.1, 0.15) is 5.69 Å². The first-order valence-electron chi connectivity index (χ1n) is 7.56. The van der Waals surface area contributed by atoms with Gasteiger partial charge >= 0.3 is 5.97 Å². The number of hydrogen-bond acceptors (Lipinski definition) is 4. The molecule has 2 rings (SSSR count). The molecule has 0 aromatic carbocycles. The van der Waals surface area contributed by atoms with Crippen molar-refractivity contribution in [2.24, 2.45) is 13.0 Å². The van der Waals surface area contributed by atoms with Crippen LogP contribution in [0.2, 0.25) is 0 Å². The molecular weight excluding hydrogens is 300 g/mol. The average Bonchev–Trinajstić information content (AvgIpc) is 2.85. The largest absolute Gasteiger partial charge is 0.481 e. The lowest BCUT2D eigenvalue weighted by molar-refractivity contribution is -0.145. The van der Waals surface area contributed by atoms with E-state index < -0.39 is 11.9 Å². The van der Waals surface area contributed by atoms with E-state index in [0.717, 1.165) is 5.69 Å². The van der Waals surface area contributed by atoms with Crippen LogP contribution in [0, 0.1) is 12.8 Å². The van der Waals surface area contributed by atoms with Crippen molar-refractivity contribution in [3.63, 3.8) is 0 Å². The van der Waals surface area contributed by atoms with Gasteiger partial charge in [-0.3, -0.25) is 19.1 Å². The Kier molecular flexibility index (Phi) is 5.02. The summed E-state index contributed by atoms with van der Waals surface area (Å²) in [5.41, 5.74) is 1.15. The highest BCUT2D eigenvalue weighted by Crippen LogP contribution is 2.17. The van der Waals surface area contributed by atoms with Crippen LogP contribution in [0.4, 0.5) is 0 Å². The van der Waals surface area contributed by atoms with E-state index in [1.165, 1.54) is 14.5 Å². The molecule has 0 radical (unpaired) electrons. The summed E-state index contributed by atoms with van der Waals surface area (Å²) in [4.78, 5) is 38.6. The lowest BCUT2D eigenvalue weighted by atomic mass is 9.98. The van der Waals surface area contributed by atoms with E-state index in [4.69, 9.17) is 5.11 Å². The summed E-state index contributed by atoms with van der Waals surface area (Å²) in [6, 6.07) is 1.67. The second-order valence-corrected chi connectivity index (χ2v) is 5.97. The number of nitrogens with zero attached hydrogens (tertiary/aromatic N) is 4. The molecule has 1 unspecified atom stereocenters. The van der Waals surface area contributed by atoms with Crippen molar-refractivity contribution in [1.29, 1.82) is 0 Å². The SMILES string of the molecule is Cc1cc(C(=O)N(C)CC(=O)N2CCCC(C(=O)O)C2)n(C)n1. The summed E-state index contributed by atoms with van der Waals surface area (Å²) < 4.78 is 1.49. The Morgan fingerprint density at radius 1 is 1.43 bits per heavy atom. The monoisotopic (exact) mass is 322 g/mol. The molecule has 2 heterocycles. The van der Waals surface area contributed by atoms with Crippen LogP contribution in [0.15, 0.2) is 6.07 Å². The Balaban J connectivity index is 1.98. The Bertz CT molecular complexity index is 625. The number of likely N-dealkylation sites (tertiary alicyclic amines) is 1. The molecule has 1 fully saturated rings. The lowest BCUT2D eigenvalue weighted by Gasteiger charge is -2.32. The number of carbonyl (C=O) groups excluding carboxylic acids is 2. The van der Waals surface area contributed by atoms with E-state index in [0.29, 0.717) is 25.1 Å². The number of aliphatic carboxylic acids is 1. The topological polar surface area (TPSA) is 95.7 Å². The van der Waals surface area contributed by atoms with Gasteiger partial charge in [-0.15, -0.1) is 0 Å². The number of likely N-dealkylation sites (N-methyl/N-ethyl adjacent to an activating group) is 1. The summed E-state index contributed by atoms with van der Waals surface area (Å²) in [6.45, 7) is 2.47. The Hall–Kier alpha value is -2.38. The van der Waals surface area contributed by atoms with Crippen molar-refractivity contribution in [3.8, 4) is 0 Å². The summed E-state index contributed by atoms with van der Waals surface area (Å²) >= 11 is 0. The van der Waals surface area contributed by atoms with Crippen LogP contribution in [0.1, 0.15) is 29.0 Å². The number of hydrogen-bond donors (Lipinski definition) is 1. The van der Waals surface area contributed by atoms with Crippen LogP contribution in [0.25, 0.3) is 0 Å². The van der Waals surface area contributed by atoms with Gasteiger partial charge in [0.15, 0.2) is 0 Å². The van der Waals surface area contributed by atoms with Crippen LogP contribution < -0.4 is 0 Å². The molecule has 23 heavy (non-hydrogen) atoms. The third-order valence-corrected chi connectivity index (χ3v) is 4.06. The quantitative estimate of drug-likeness (QED) is 0.849. The van der Waals surface area contributed by atoms with E-state index in [2.05, 4.69) is 5.10 Å². The smallest absolute Gasteiger partial charge is 0.308 e. The van der Waals surface area contributed by atoms with Crippen LogP contribution in [-0.2, 0) is 16.6 Å². The van der Waals surface area contributed by atoms with Crippen LogP contribution in [0.5, 0.6) is 0 Å². The van der Waals surface area contributed by atoms with Gasteiger partial charge in [-0.05, 0) is 25.8 Å². The van der Waals surface area contributed by atoms with Gasteiger partial charge in [-0.25, -0.2) is 0 Å². The molecule has 0 saturated carbocycles. The first-order chi connectivity index (χ1) is 10.8. The summed E-state index contributed by atoms with van der Waals surface area (Å²) in [5.74, 6) is -1.91. The third kappa shape index (κ3) is 3.88. The molecule has 0 bridgehead atoms. The molecule has 1 N–H and O–H groups in total. The molecular formula is C15H22N4O4. The average molecular weight is 322 g/mol. The minimum Gasteiger partial charge on any atom is -0.481 e. The molecule has 1 atom stereocenters. The lowest BCUT2D eigenvalue weighted by Crippen LogP contribution is -2.47. The van der Waals surface area contributed by atoms with E-state index in [9.17, 15) is 14.4 Å². The molecule has 0 aliphatic carbocycles. The molecule has 1 aromatic heterocycles. The first kappa shape index (κ1) is 17.0. The number of aryl methyl sites for hydroxylation is 2. The summed E-state index contributed by atoms with van der Waals surface area (Å²) in [6.07, 6.45) is 1.25. The summed E-state index contributed by atoms with van der Waals surface area (Å²) in [7, 11) is 3.24. The Morgan fingerprint density at radius 2 is 2.13 bits per heavy atom. The predicted molar refractivity (Wildman–Crippen MR) is 81.8 cm³/mol. The van der Waals surface area contributed by atoms with Gasteiger partial charge in [0.05, 0.1) is 18.2 Å². The fraction of sp³-hybridized carbons (Fsp3) is 0.600. The van der Waals surface area contributed by atoms with Gasteiger partial charge in [0, 0.05) is 27.2 Å². The van der Waals surface area contributed by atoms with Crippen molar-refractivity contribution >= 4 is 17.8 Å². The van der Waals surface area contributed by atoms with Crippen molar-refractivity contribution in [3.05, 3.63) is 17.5 Å². The molecule has 0 spiro atoms.